The summed E-state index contributed by atoms with van der Waals surface area (Å²) in [6.45, 7) is 8.39. The van der Waals surface area contributed by atoms with Crippen LogP contribution in [0.15, 0.2) is 47.4 Å². The maximum Gasteiger partial charge on any atom is 0.292 e. The van der Waals surface area contributed by atoms with Crippen LogP contribution in [0.3, 0.4) is 0 Å². The van der Waals surface area contributed by atoms with Crippen molar-refractivity contribution in [2.45, 2.75) is 25.7 Å². The molecular formula is C22H30N4O5S. The lowest BCUT2D eigenvalue weighted by atomic mass is 9.97. The zero-order valence-corrected chi connectivity index (χ0v) is 19.7. The summed E-state index contributed by atoms with van der Waals surface area (Å²) in [5.74, 6) is 0.600. The van der Waals surface area contributed by atoms with E-state index in [9.17, 15) is 18.5 Å². The number of ether oxygens (including phenoxy) is 1. The summed E-state index contributed by atoms with van der Waals surface area (Å²) >= 11 is 0. The number of hydrogen-bond donors (Lipinski definition) is 1. The van der Waals surface area contributed by atoms with Crippen molar-refractivity contribution in [3.63, 3.8) is 0 Å². The molecule has 9 nitrogen and oxygen atoms in total. The molecule has 174 valence electrons. The van der Waals surface area contributed by atoms with Gasteiger partial charge in [-0.1, -0.05) is 20.8 Å². The number of nitrogens with one attached hydrogen (secondary N) is 1. The van der Waals surface area contributed by atoms with Gasteiger partial charge in [0.1, 0.15) is 11.4 Å². The predicted molar refractivity (Wildman–Crippen MR) is 125 cm³/mol. The van der Waals surface area contributed by atoms with E-state index in [2.05, 4.69) is 26.1 Å². The molecule has 1 fully saturated rings. The number of nitrogens with zero attached hydrogens (tertiary/aromatic N) is 3. The summed E-state index contributed by atoms with van der Waals surface area (Å²) in [7, 11) is -2.06. The molecule has 1 aliphatic rings. The van der Waals surface area contributed by atoms with Crippen molar-refractivity contribution in [2.75, 3.05) is 50.1 Å². The Hall–Kier alpha value is -2.85. The Labute approximate surface area is 189 Å². The first-order valence-electron chi connectivity index (χ1n) is 10.4. The first kappa shape index (κ1) is 23.8. The van der Waals surface area contributed by atoms with E-state index in [4.69, 9.17) is 4.74 Å². The largest absolute Gasteiger partial charge is 0.497 e. The monoisotopic (exact) mass is 462 g/mol. The minimum Gasteiger partial charge on any atom is -0.497 e. The van der Waals surface area contributed by atoms with Crippen LogP contribution in [0.25, 0.3) is 0 Å². The number of sulfonamides is 1. The molecule has 32 heavy (non-hydrogen) atoms. The third-order valence-corrected chi connectivity index (χ3v) is 7.20. The Morgan fingerprint density at radius 1 is 1.06 bits per heavy atom. The van der Waals surface area contributed by atoms with Crippen LogP contribution in [0.2, 0.25) is 0 Å². The average molecular weight is 463 g/mol. The van der Waals surface area contributed by atoms with E-state index in [1.165, 1.54) is 17.5 Å². The first-order valence-corrected chi connectivity index (χ1v) is 11.9. The summed E-state index contributed by atoms with van der Waals surface area (Å²) < 4.78 is 32.5. The molecule has 0 bridgehead atoms. The van der Waals surface area contributed by atoms with E-state index in [1.807, 2.05) is 4.90 Å². The number of rotatable bonds is 7. The number of hydrogen-bond acceptors (Lipinski definition) is 7. The van der Waals surface area contributed by atoms with E-state index in [0.29, 0.717) is 44.2 Å². The van der Waals surface area contributed by atoms with Gasteiger partial charge < -0.3 is 15.0 Å². The highest BCUT2D eigenvalue weighted by Gasteiger charge is 2.29. The number of nitro groups is 1. The Morgan fingerprint density at radius 2 is 1.69 bits per heavy atom. The number of nitro benzene ring substituents is 1. The van der Waals surface area contributed by atoms with Crippen molar-refractivity contribution in [2.24, 2.45) is 5.41 Å². The highest BCUT2D eigenvalue weighted by molar-refractivity contribution is 7.89. The molecule has 0 atom stereocenters. The van der Waals surface area contributed by atoms with Gasteiger partial charge in [0.2, 0.25) is 10.0 Å². The fraction of sp³-hybridized carbons (Fsp3) is 0.455. The molecule has 10 heteroatoms. The van der Waals surface area contributed by atoms with Gasteiger partial charge in [-0.3, -0.25) is 10.1 Å². The average Bonchev–Trinajstić information content (AvgIpc) is 2.77. The van der Waals surface area contributed by atoms with Crippen LogP contribution in [0, 0.1) is 15.5 Å². The van der Waals surface area contributed by atoms with Crippen LogP contribution in [-0.4, -0.2) is 57.5 Å². The lowest BCUT2D eigenvalue weighted by molar-refractivity contribution is -0.384. The van der Waals surface area contributed by atoms with Gasteiger partial charge in [0.05, 0.1) is 16.9 Å². The first-order chi connectivity index (χ1) is 15.0. The fourth-order valence-electron chi connectivity index (χ4n) is 3.47. The lowest BCUT2D eigenvalue weighted by Crippen LogP contribution is -2.48. The summed E-state index contributed by atoms with van der Waals surface area (Å²) in [4.78, 5) is 13.3. The van der Waals surface area contributed by atoms with Crippen molar-refractivity contribution in [3.05, 3.63) is 52.6 Å². The SMILES string of the molecule is COc1ccc(S(=O)(=O)N2CCN(c3ccc([N+](=O)[O-])c(NCC(C)(C)C)c3)CC2)cc1. The van der Waals surface area contributed by atoms with Crippen LogP contribution >= 0.6 is 0 Å². The minimum atomic E-state index is -3.59. The van der Waals surface area contributed by atoms with Gasteiger partial charge in [0.25, 0.3) is 5.69 Å². The molecule has 1 aliphatic heterocycles. The molecule has 1 N–H and O–H groups in total. The number of benzene rings is 2. The highest BCUT2D eigenvalue weighted by Crippen LogP contribution is 2.31. The van der Waals surface area contributed by atoms with Gasteiger partial charge in [-0.2, -0.15) is 4.31 Å². The summed E-state index contributed by atoms with van der Waals surface area (Å²) in [6.07, 6.45) is 0. The van der Waals surface area contributed by atoms with Crippen molar-refractivity contribution in [3.8, 4) is 5.75 Å². The van der Waals surface area contributed by atoms with E-state index in [1.54, 1.807) is 36.4 Å². The van der Waals surface area contributed by atoms with Crippen LogP contribution < -0.4 is 15.0 Å². The fourth-order valence-corrected chi connectivity index (χ4v) is 4.89. The second-order valence-electron chi connectivity index (χ2n) is 8.94. The quantitative estimate of drug-likeness (QED) is 0.495. The van der Waals surface area contributed by atoms with Crippen molar-refractivity contribution >= 4 is 27.1 Å². The van der Waals surface area contributed by atoms with Crippen molar-refractivity contribution in [1.82, 2.24) is 4.31 Å². The predicted octanol–water partition coefficient (Wildman–Crippen LogP) is 3.57. The van der Waals surface area contributed by atoms with Crippen LogP contribution in [-0.2, 0) is 10.0 Å². The molecule has 0 aliphatic carbocycles. The molecule has 1 heterocycles. The van der Waals surface area contributed by atoms with Gasteiger partial charge in [0, 0.05) is 44.5 Å². The smallest absolute Gasteiger partial charge is 0.292 e. The minimum absolute atomic E-state index is 0.0266. The maximum atomic E-state index is 13.0. The topological polar surface area (TPSA) is 105 Å². The van der Waals surface area contributed by atoms with Crippen LogP contribution in [0.5, 0.6) is 5.75 Å². The molecule has 0 saturated carbocycles. The maximum absolute atomic E-state index is 13.0. The summed E-state index contributed by atoms with van der Waals surface area (Å²) in [5, 5.41) is 14.6. The normalized spacial score (nSPS) is 15.4. The molecule has 2 aromatic rings. The molecule has 0 unspecified atom stereocenters. The van der Waals surface area contributed by atoms with Gasteiger partial charge >= 0.3 is 0 Å². The van der Waals surface area contributed by atoms with Crippen LogP contribution in [0.1, 0.15) is 20.8 Å². The Kier molecular flexibility index (Phi) is 6.94. The van der Waals surface area contributed by atoms with Gasteiger partial charge in [-0.15, -0.1) is 0 Å². The van der Waals surface area contributed by atoms with E-state index in [0.717, 1.165) is 5.69 Å². The molecule has 3 rings (SSSR count). The Morgan fingerprint density at radius 3 is 2.22 bits per heavy atom. The zero-order valence-electron chi connectivity index (χ0n) is 18.9. The standard InChI is InChI=1S/C22H30N4O5S/c1-22(2,3)16-23-20-15-17(5-10-21(20)26(27)28)24-11-13-25(14-12-24)32(29,30)19-8-6-18(31-4)7-9-19/h5-10,15,23H,11-14,16H2,1-4H3. The Bertz CT molecular complexity index is 1060. The third-order valence-electron chi connectivity index (χ3n) is 5.29. The summed E-state index contributed by atoms with van der Waals surface area (Å²) in [6, 6.07) is 11.3. The van der Waals surface area contributed by atoms with Crippen molar-refractivity contribution < 1.29 is 18.1 Å². The summed E-state index contributed by atoms with van der Waals surface area (Å²) in [5.41, 5.74) is 1.29. The van der Waals surface area contributed by atoms with E-state index < -0.39 is 14.9 Å². The molecular weight excluding hydrogens is 432 g/mol. The zero-order chi connectivity index (χ0) is 23.5. The second-order valence-corrected chi connectivity index (χ2v) is 10.9. The number of piperazine rings is 1. The highest BCUT2D eigenvalue weighted by atomic mass is 32.2. The van der Waals surface area contributed by atoms with Gasteiger partial charge in [-0.25, -0.2) is 8.42 Å². The third kappa shape index (κ3) is 5.49. The van der Waals surface area contributed by atoms with E-state index >= 15 is 0 Å². The van der Waals surface area contributed by atoms with Crippen LogP contribution in [0.4, 0.5) is 17.1 Å². The molecule has 0 radical (unpaired) electrons. The van der Waals surface area contributed by atoms with E-state index in [-0.39, 0.29) is 16.0 Å². The van der Waals surface area contributed by atoms with Crippen molar-refractivity contribution in [1.29, 1.82) is 0 Å². The number of methoxy groups -OCH3 is 1. The molecule has 2 aromatic carbocycles. The van der Waals surface area contributed by atoms with Gasteiger partial charge in [-0.05, 0) is 41.8 Å². The van der Waals surface area contributed by atoms with Gasteiger partial charge in [0.15, 0.2) is 0 Å². The molecule has 0 amide bonds. The Balaban J connectivity index is 1.73. The molecule has 0 spiro atoms. The lowest BCUT2D eigenvalue weighted by Gasteiger charge is -2.35. The molecule has 1 saturated heterocycles. The second kappa shape index (κ2) is 9.33. The number of anilines is 2. The molecule has 0 aromatic heterocycles.